The first-order valence-corrected chi connectivity index (χ1v) is 6.81. The molecule has 0 aliphatic heterocycles. The Balaban J connectivity index is -0.000000656. The molecule has 0 aliphatic carbocycles. The zero-order valence-electron chi connectivity index (χ0n) is 13.5. The molecule has 2 heteroatoms. The molecule has 0 N–H and O–H groups in total. The second-order valence-corrected chi connectivity index (χ2v) is 2.93. The van der Waals surface area contributed by atoms with Crippen molar-refractivity contribution in [1.29, 1.82) is 0 Å². The van der Waals surface area contributed by atoms with E-state index in [2.05, 4.69) is 24.7 Å². The van der Waals surface area contributed by atoms with E-state index in [-0.39, 0.29) is 0 Å². The highest BCUT2D eigenvalue weighted by Gasteiger charge is 1.86. The molecular formula is C18H28FN. The van der Waals surface area contributed by atoms with Gasteiger partial charge >= 0.3 is 0 Å². The Bertz CT molecular complexity index is 382. The van der Waals surface area contributed by atoms with Crippen molar-refractivity contribution in [3.8, 4) is 0 Å². The van der Waals surface area contributed by atoms with E-state index in [9.17, 15) is 4.39 Å². The van der Waals surface area contributed by atoms with E-state index < -0.39 is 5.83 Å². The highest BCUT2D eigenvalue weighted by Crippen LogP contribution is 2.01. The van der Waals surface area contributed by atoms with Crippen molar-refractivity contribution in [1.82, 2.24) is 0 Å². The normalized spacial score (nSPS) is 10.8. The molecule has 0 atom stereocenters. The van der Waals surface area contributed by atoms with Gasteiger partial charge in [0.05, 0.1) is 5.70 Å². The Morgan fingerprint density at radius 3 is 2.00 bits per heavy atom. The van der Waals surface area contributed by atoms with E-state index in [4.69, 9.17) is 0 Å². The number of rotatable bonds is 6. The Morgan fingerprint density at radius 2 is 1.60 bits per heavy atom. The number of allylic oxidation sites excluding steroid dienone is 8. The number of hydrogen-bond donors (Lipinski definition) is 0. The SMILES string of the molecule is C=C/C(C=NC(=C)/C=C\C(=C)F)=C\C=C/C.CC.CC. The molecule has 0 unspecified atom stereocenters. The summed E-state index contributed by atoms with van der Waals surface area (Å²) >= 11 is 0. The molecule has 0 saturated heterocycles. The van der Waals surface area contributed by atoms with Crippen molar-refractivity contribution in [3.05, 3.63) is 73.3 Å². The van der Waals surface area contributed by atoms with Gasteiger partial charge in [-0.05, 0) is 24.6 Å². The zero-order valence-corrected chi connectivity index (χ0v) is 13.5. The second-order valence-electron chi connectivity index (χ2n) is 2.93. The molecule has 0 saturated carbocycles. The lowest BCUT2D eigenvalue weighted by Crippen LogP contribution is -1.79. The highest BCUT2D eigenvalue weighted by molar-refractivity contribution is 5.83. The van der Waals surface area contributed by atoms with E-state index >= 15 is 0 Å². The molecule has 0 rings (SSSR count). The first-order valence-electron chi connectivity index (χ1n) is 6.81. The number of aliphatic imine (C=N–C) groups is 1. The van der Waals surface area contributed by atoms with Crippen LogP contribution in [0.1, 0.15) is 34.6 Å². The van der Waals surface area contributed by atoms with Crippen LogP contribution < -0.4 is 0 Å². The number of hydrogen-bond acceptors (Lipinski definition) is 1. The quantitative estimate of drug-likeness (QED) is 0.396. The summed E-state index contributed by atoms with van der Waals surface area (Å²) in [6.07, 6.45) is 11.6. The predicted octanol–water partition coefficient (Wildman–Crippen LogP) is 6.35. The molecule has 0 spiro atoms. The molecule has 0 aliphatic rings. The van der Waals surface area contributed by atoms with E-state index in [1.54, 1.807) is 12.3 Å². The third-order valence-corrected chi connectivity index (χ3v) is 1.55. The minimum Gasteiger partial charge on any atom is -0.257 e. The Kier molecular flexibility index (Phi) is 22.4. The molecule has 0 amide bonds. The maximum atomic E-state index is 12.3. The summed E-state index contributed by atoms with van der Waals surface area (Å²) in [6.45, 7) is 20.3. The molecule has 1 nitrogen and oxygen atoms in total. The molecule has 20 heavy (non-hydrogen) atoms. The Morgan fingerprint density at radius 1 is 1.05 bits per heavy atom. The topological polar surface area (TPSA) is 12.4 Å². The van der Waals surface area contributed by atoms with Crippen LogP contribution in [-0.4, -0.2) is 6.21 Å². The van der Waals surface area contributed by atoms with Crippen LogP contribution in [0.4, 0.5) is 4.39 Å². The van der Waals surface area contributed by atoms with Crippen LogP contribution in [-0.2, 0) is 0 Å². The molecule has 0 heterocycles. The summed E-state index contributed by atoms with van der Waals surface area (Å²) in [5, 5.41) is 0. The van der Waals surface area contributed by atoms with Gasteiger partial charge in [0.2, 0.25) is 0 Å². The Labute approximate surface area is 124 Å². The van der Waals surface area contributed by atoms with Gasteiger partial charge in [-0.15, -0.1) is 0 Å². The van der Waals surface area contributed by atoms with Gasteiger partial charge in [0.15, 0.2) is 0 Å². The van der Waals surface area contributed by atoms with Gasteiger partial charge < -0.3 is 0 Å². The van der Waals surface area contributed by atoms with Crippen LogP contribution >= 0.6 is 0 Å². The minimum absolute atomic E-state index is 0.451. The van der Waals surface area contributed by atoms with Crippen molar-refractivity contribution in [2.75, 3.05) is 0 Å². The van der Waals surface area contributed by atoms with Crippen molar-refractivity contribution < 1.29 is 4.39 Å². The second kappa shape index (κ2) is 19.4. The maximum Gasteiger partial charge on any atom is 0.116 e. The van der Waals surface area contributed by atoms with E-state index in [1.807, 2.05) is 52.8 Å². The third kappa shape index (κ3) is 18.4. The van der Waals surface area contributed by atoms with Crippen LogP contribution in [0.2, 0.25) is 0 Å². The maximum absolute atomic E-state index is 12.3. The van der Waals surface area contributed by atoms with Gasteiger partial charge in [-0.2, -0.15) is 0 Å². The lowest BCUT2D eigenvalue weighted by Gasteiger charge is -1.91. The highest BCUT2D eigenvalue weighted by atomic mass is 19.1. The van der Waals surface area contributed by atoms with Crippen LogP contribution in [0.25, 0.3) is 0 Å². The fourth-order valence-electron chi connectivity index (χ4n) is 0.758. The van der Waals surface area contributed by atoms with Gasteiger partial charge in [0.25, 0.3) is 0 Å². The molecule has 112 valence electrons. The van der Waals surface area contributed by atoms with Gasteiger partial charge in [0, 0.05) is 6.21 Å². The molecule has 0 radical (unpaired) electrons. The molecule has 0 aromatic heterocycles. The van der Waals surface area contributed by atoms with E-state index in [0.717, 1.165) is 5.57 Å². The average Bonchev–Trinajstić information content (AvgIpc) is 2.49. The monoisotopic (exact) mass is 277 g/mol. The molecule has 0 aromatic carbocycles. The van der Waals surface area contributed by atoms with Crippen molar-refractivity contribution in [2.45, 2.75) is 34.6 Å². The average molecular weight is 277 g/mol. The van der Waals surface area contributed by atoms with E-state index in [0.29, 0.717) is 5.70 Å². The van der Waals surface area contributed by atoms with Crippen LogP contribution in [0.5, 0.6) is 0 Å². The van der Waals surface area contributed by atoms with Crippen LogP contribution in [0.3, 0.4) is 0 Å². The molecule has 0 bridgehead atoms. The summed E-state index contributed by atoms with van der Waals surface area (Å²) in [5.41, 5.74) is 1.30. The zero-order chi connectivity index (χ0) is 16.4. The van der Waals surface area contributed by atoms with Gasteiger partial charge in [-0.1, -0.05) is 71.7 Å². The third-order valence-electron chi connectivity index (χ3n) is 1.55. The van der Waals surface area contributed by atoms with E-state index in [1.165, 1.54) is 12.2 Å². The fraction of sp³-hybridized carbons (Fsp3) is 0.278. The van der Waals surface area contributed by atoms with Gasteiger partial charge in [0.1, 0.15) is 5.83 Å². The van der Waals surface area contributed by atoms with Crippen molar-refractivity contribution >= 4 is 6.21 Å². The van der Waals surface area contributed by atoms with Crippen molar-refractivity contribution in [2.24, 2.45) is 4.99 Å². The van der Waals surface area contributed by atoms with Crippen molar-refractivity contribution in [3.63, 3.8) is 0 Å². The van der Waals surface area contributed by atoms with Gasteiger partial charge in [-0.3, -0.25) is 4.99 Å². The predicted molar refractivity (Wildman–Crippen MR) is 92.8 cm³/mol. The summed E-state index contributed by atoms with van der Waals surface area (Å²) in [5.74, 6) is -0.523. The van der Waals surface area contributed by atoms with Crippen LogP contribution in [0, 0.1) is 0 Å². The Hall–Kier alpha value is -1.96. The number of halogens is 1. The van der Waals surface area contributed by atoms with Gasteiger partial charge in [-0.25, -0.2) is 4.39 Å². The first-order chi connectivity index (χ1) is 9.60. The smallest absolute Gasteiger partial charge is 0.116 e. The summed E-state index contributed by atoms with van der Waals surface area (Å²) in [7, 11) is 0. The largest absolute Gasteiger partial charge is 0.257 e. The summed E-state index contributed by atoms with van der Waals surface area (Å²) in [4.78, 5) is 4.03. The lowest BCUT2D eigenvalue weighted by molar-refractivity contribution is 0.671. The molecular weight excluding hydrogens is 249 g/mol. The number of nitrogens with zero attached hydrogens (tertiary/aromatic N) is 1. The summed E-state index contributed by atoms with van der Waals surface area (Å²) < 4.78 is 12.3. The first kappa shape index (κ1) is 23.2. The minimum atomic E-state index is -0.523. The fourth-order valence-corrected chi connectivity index (χ4v) is 0.758. The summed E-state index contributed by atoms with van der Waals surface area (Å²) in [6, 6.07) is 0. The molecule has 0 fully saturated rings. The molecule has 0 aromatic rings. The standard InChI is InChI=1S/C14H16FN.2C2H6/c1-5-7-8-14(6-2)11-16-13(4)10-9-12(3)15;2*1-2/h5-11H,2-4H2,1H3;2*1-2H3/b7-5-,10-9-,14-8+,16-11?;;. The van der Waals surface area contributed by atoms with Crippen LogP contribution in [0.15, 0.2) is 78.3 Å². The lowest BCUT2D eigenvalue weighted by atomic mass is 10.2.